The fraction of sp³-hybridized carbons (Fsp3) is 0.333. The minimum absolute atomic E-state index is 0.211. The Morgan fingerprint density at radius 1 is 1.13 bits per heavy atom. The summed E-state index contributed by atoms with van der Waals surface area (Å²) in [6, 6.07) is 7.90. The van der Waals surface area contributed by atoms with Crippen LogP contribution >= 0.6 is 0 Å². The summed E-state index contributed by atoms with van der Waals surface area (Å²) in [5, 5.41) is 0. The third-order valence-electron chi connectivity index (χ3n) is 3.20. The van der Waals surface area contributed by atoms with E-state index in [-0.39, 0.29) is 5.54 Å². The van der Waals surface area contributed by atoms with Gasteiger partial charge in [-0.15, -0.1) is 0 Å². The van der Waals surface area contributed by atoms with Gasteiger partial charge in [0, 0.05) is 0 Å². The molecule has 1 aromatic carbocycles. The van der Waals surface area contributed by atoms with E-state index in [1.165, 1.54) is 6.42 Å². The number of nitrogens with zero attached hydrogens (tertiary/aromatic N) is 2. The number of hydrogen-bond acceptors (Lipinski definition) is 3. The van der Waals surface area contributed by atoms with Crippen molar-refractivity contribution in [3.8, 4) is 0 Å². The summed E-state index contributed by atoms with van der Waals surface area (Å²) in [6.07, 6.45) is 5.08. The van der Waals surface area contributed by atoms with Crippen LogP contribution in [-0.2, 0) is 5.54 Å². The Bertz CT molecular complexity index is 503. The molecule has 0 bridgehead atoms. The molecule has 1 aliphatic rings. The van der Waals surface area contributed by atoms with Crippen LogP contribution in [0, 0.1) is 0 Å². The Hall–Kier alpha value is -1.48. The topological polar surface area (TPSA) is 51.8 Å². The lowest BCUT2D eigenvalue weighted by atomic mass is 9.75. The third kappa shape index (κ3) is 1.31. The van der Waals surface area contributed by atoms with Crippen LogP contribution in [0.5, 0.6) is 0 Å². The number of aromatic nitrogens is 2. The smallest absolute Gasteiger partial charge is 0.0890 e. The molecule has 1 aliphatic carbocycles. The Labute approximate surface area is 88.3 Å². The van der Waals surface area contributed by atoms with E-state index in [0.717, 1.165) is 29.6 Å². The molecule has 3 rings (SSSR count). The van der Waals surface area contributed by atoms with E-state index in [1.807, 2.05) is 30.5 Å². The zero-order chi connectivity index (χ0) is 10.3. The minimum Gasteiger partial charge on any atom is -0.320 e. The first-order valence-electron chi connectivity index (χ1n) is 5.29. The lowest BCUT2D eigenvalue weighted by Crippen LogP contribution is -2.44. The quantitative estimate of drug-likeness (QED) is 0.763. The molecule has 3 nitrogen and oxygen atoms in total. The van der Waals surface area contributed by atoms with Gasteiger partial charge in [0.05, 0.1) is 28.5 Å². The van der Waals surface area contributed by atoms with Crippen molar-refractivity contribution >= 4 is 11.0 Å². The van der Waals surface area contributed by atoms with Crippen LogP contribution in [0.1, 0.15) is 25.0 Å². The van der Waals surface area contributed by atoms with E-state index in [0.29, 0.717) is 0 Å². The van der Waals surface area contributed by atoms with E-state index in [9.17, 15) is 0 Å². The summed E-state index contributed by atoms with van der Waals surface area (Å²) in [5.74, 6) is 0. The molecule has 1 fully saturated rings. The van der Waals surface area contributed by atoms with Gasteiger partial charge in [0.1, 0.15) is 0 Å². The van der Waals surface area contributed by atoms with Crippen molar-refractivity contribution in [2.75, 3.05) is 0 Å². The van der Waals surface area contributed by atoms with Crippen molar-refractivity contribution in [3.05, 3.63) is 36.2 Å². The average Bonchev–Trinajstić information content (AvgIpc) is 2.25. The molecular formula is C12H13N3. The molecule has 0 radical (unpaired) electrons. The monoisotopic (exact) mass is 199 g/mol. The number of benzene rings is 1. The lowest BCUT2D eigenvalue weighted by molar-refractivity contribution is 0.246. The van der Waals surface area contributed by atoms with Crippen LogP contribution in [-0.4, -0.2) is 9.97 Å². The maximum atomic E-state index is 6.21. The van der Waals surface area contributed by atoms with Crippen molar-refractivity contribution in [2.24, 2.45) is 5.73 Å². The van der Waals surface area contributed by atoms with Gasteiger partial charge in [-0.25, -0.2) is 4.98 Å². The van der Waals surface area contributed by atoms with Gasteiger partial charge in [-0.05, 0) is 31.4 Å². The maximum Gasteiger partial charge on any atom is 0.0890 e. The van der Waals surface area contributed by atoms with Gasteiger partial charge < -0.3 is 5.73 Å². The second-order valence-corrected chi connectivity index (χ2v) is 4.25. The first kappa shape index (κ1) is 8.80. The van der Waals surface area contributed by atoms with Gasteiger partial charge in [-0.3, -0.25) is 4.98 Å². The van der Waals surface area contributed by atoms with Gasteiger partial charge in [0.15, 0.2) is 0 Å². The predicted octanol–water partition coefficient (Wildman–Crippen LogP) is 1.97. The molecule has 0 aliphatic heterocycles. The standard InChI is InChI=1S/C12H13N3/c13-12(6-3-7-12)11-8-14-9-4-1-2-5-10(9)15-11/h1-2,4-5,8H,3,6-7,13H2. The van der Waals surface area contributed by atoms with E-state index in [4.69, 9.17) is 5.73 Å². The van der Waals surface area contributed by atoms with Crippen molar-refractivity contribution in [1.29, 1.82) is 0 Å². The number of rotatable bonds is 1. The zero-order valence-corrected chi connectivity index (χ0v) is 8.48. The molecular weight excluding hydrogens is 186 g/mol. The molecule has 0 amide bonds. The fourth-order valence-electron chi connectivity index (χ4n) is 2.01. The first-order valence-corrected chi connectivity index (χ1v) is 5.29. The van der Waals surface area contributed by atoms with Crippen LogP contribution in [0.2, 0.25) is 0 Å². The summed E-state index contributed by atoms with van der Waals surface area (Å²) in [6.45, 7) is 0. The number of nitrogens with two attached hydrogens (primary N) is 1. The SMILES string of the molecule is NC1(c2cnc3ccccc3n2)CCC1. The lowest BCUT2D eigenvalue weighted by Gasteiger charge is -2.37. The van der Waals surface area contributed by atoms with Crippen molar-refractivity contribution in [2.45, 2.75) is 24.8 Å². The molecule has 15 heavy (non-hydrogen) atoms. The predicted molar refractivity (Wildman–Crippen MR) is 59.3 cm³/mol. The van der Waals surface area contributed by atoms with Crippen molar-refractivity contribution < 1.29 is 0 Å². The van der Waals surface area contributed by atoms with Crippen molar-refractivity contribution in [1.82, 2.24) is 9.97 Å². The van der Waals surface area contributed by atoms with Crippen LogP contribution < -0.4 is 5.73 Å². The molecule has 2 aromatic rings. The van der Waals surface area contributed by atoms with Crippen molar-refractivity contribution in [3.63, 3.8) is 0 Å². The molecule has 1 heterocycles. The summed E-state index contributed by atoms with van der Waals surface area (Å²) in [4.78, 5) is 8.97. The van der Waals surface area contributed by atoms with E-state index < -0.39 is 0 Å². The minimum atomic E-state index is -0.211. The molecule has 0 atom stereocenters. The van der Waals surface area contributed by atoms with Crippen LogP contribution in [0.25, 0.3) is 11.0 Å². The summed E-state index contributed by atoms with van der Waals surface area (Å²) in [7, 11) is 0. The van der Waals surface area contributed by atoms with Gasteiger partial charge in [-0.2, -0.15) is 0 Å². The second-order valence-electron chi connectivity index (χ2n) is 4.25. The number of hydrogen-bond donors (Lipinski definition) is 1. The van der Waals surface area contributed by atoms with Gasteiger partial charge in [-0.1, -0.05) is 12.1 Å². The largest absolute Gasteiger partial charge is 0.320 e. The van der Waals surface area contributed by atoms with E-state index >= 15 is 0 Å². The van der Waals surface area contributed by atoms with E-state index in [1.54, 1.807) is 0 Å². The Morgan fingerprint density at radius 2 is 1.87 bits per heavy atom. The Morgan fingerprint density at radius 3 is 2.53 bits per heavy atom. The molecule has 0 saturated heterocycles. The summed E-state index contributed by atoms with van der Waals surface area (Å²) < 4.78 is 0. The number of para-hydroxylation sites is 2. The van der Waals surface area contributed by atoms with Gasteiger partial charge in [0.25, 0.3) is 0 Å². The van der Waals surface area contributed by atoms with Crippen LogP contribution in [0.3, 0.4) is 0 Å². The third-order valence-corrected chi connectivity index (χ3v) is 3.20. The molecule has 3 heteroatoms. The molecule has 1 saturated carbocycles. The van der Waals surface area contributed by atoms with Gasteiger partial charge >= 0.3 is 0 Å². The van der Waals surface area contributed by atoms with Crippen LogP contribution in [0.4, 0.5) is 0 Å². The number of fused-ring (bicyclic) bond motifs is 1. The maximum absolute atomic E-state index is 6.21. The molecule has 0 spiro atoms. The highest BCUT2D eigenvalue weighted by Crippen LogP contribution is 2.37. The molecule has 1 aromatic heterocycles. The van der Waals surface area contributed by atoms with E-state index in [2.05, 4.69) is 9.97 Å². The normalized spacial score (nSPS) is 18.7. The van der Waals surface area contributed by atoms with Gasteiger partial charge in [0.2, 0.25) is 0 Å². The average molecular weight is 199 g/mol. The summed E-state index contributed by atoms with van der Waals surface area (Å²) >= 11 is 0. The highest BCUT2D eigenvalue weighted by molar-refractivity contribution is 5.73. The molecule has 2 N–H and O–H groups in total. The fourth-order valence-corrected chi connectivity index (χ4v) is 2.01. The molecule has 76 valence electrons. The second kappa shape index (κ2) is 3.00. The van der Waals surface area contributed by atoms with Crippen LogP contribution in [0.15, 0.2) is 30.5 Å². The Kier molecular flexibility index (Phi) is 1.76. The zero-order valence-electron chi connectivity index (χ0n) is 8.48. The highest BCUT2D eigenvalue weighted by atomic mass is 14.9. The highest BCUT2D eigenvalue weighted by Gasteiger charge is 2.36. The molecule has 0 unspecified atom stereocenters. The summed E-state index contributed by atoms with van der Waals surface area (Å²) in [5.41, 5.74) is 8.81. The first-order chi connectivity index (χ1) is 7.28. The Balaban J connectivity index is 2.14.